The highest BCUT2D eigenvalue weighted by Crippen LogP contribution is 2.24. The Morgan fingerprint density at radius 1 is 0.842 bits per heavy atom. The second-order valence-electron chi connectivity index (χ2n) is 3.12. The van der Waals surface area contributed by atoms with E-state index in [1.807, 2.05) is 0 Å². The molecule has 0 amide bonds. The molecule has 0 saturated heterocycles. The normalized spacial score (nSPS) is 11.6. The number of alkyl halides is 3. The summed E-state index contributed by atoms with van der Waals surface area (Å²) in [7, 11) is 0. The van der Waals surface area contributed by atoms with E-state index in [-0.39, 0.29) is 0 Å². The second kappa shape index (κ2) is 5.02. The fourth-order valence-electron chi connectivity index (χ4n) is 0.997. The maximum absolute atomic E-state index is 13.0. The first-order valence-electron chi connectivity index (χ1n) is 4.31. The average Bonchev–Trinajstić information content (AvgIpc) is 2.32. The standard InChI is InChI=1S/C9H2F8O2/c10-3-2(1-19-8(18)9(15,16)17)4(11)6(13)7(14)5(3)12/h1H2. The van der Waals surface area contributed by atoms with Crippen LogP contribution in [-0.2, 0) is 16.1 Å². The van der Waals surface area contributed by atoms with Crippen LogP contribution < -0.4 is 0 Å². The number of hydrogen-bond acceptors (Lipinski definition) is 2. The van der Waals surface area contributed by atoms with Crippen LogP contribution in [0.2, 0.25) is 0 Å². The van der Waals surface area contributed by atoms with Gasteiger partial charge in [-0.25, -0.2) is 26.7 Å². The molecule has 0 aliphatic heterocycles. The van der Waals surface area contributed by atoms with Gasteiger partial charge in [0.15, 0.2) is 23.3 Å². The summed E-state index contributed by atoms with van der Waals surface area (Å²) in [6.45, 7) is -1.75. The lowest BCUT2D eigenvalue weighted by Gasteiger charge is -2.10. The van der Waals surface area contributed by atoms with Crippen LogP contribution in [0, 0.1) is 29.1 Å². The number of carbonyl (C=O) groups excluding carboxylic acids is 1. The largest absolute Gasteiger partial charge is 0.490 e. The topological polar surface area (TPSA) is 26.3 Å². The molecule has 0 heterocycles. The molecule has 0 unspecified atom stereocenters. The Labute approximate surface area is 99.1 Å². The van der Waals surface area contributed by atoms with E-state index in [0.29, 0.717) is 0 Å². The SMILES string of the molecule is O=C(OCc1c(F)c(F)c(F)c(F)c1F)C(F)(F)F. The number of hydrogen-bond donors (Lipinski definition) is 0. The summed E-state index contributed by atoms with van der Waals surface area (Å²) in [6, 6.07) is 0. The number of carbonyl (C=O) groups is 1. The summed E-state index contributed by atoms with van der Waals surface area (Å²) in [5.41, 5.74) is -1.67. The zero-order valence-corrected chi connectivity index (χ0v) is 8.55. The molecule has 0 atom stereocenters. The molecule has 1 rings (SSSR count). The minimum absolute atomic E-state index is 1.67. The van der Waals surface area contributed by atoms with E-state index < -0.39 is 53.4 Å². The molecule has 0 saturated carbocycles. The van der Waals surface area contributed by atoms with Crippen LogP contribution in [0.15, 0.2) is 0 Å². The summed E-state index contributed by atoms with van der Waals surface area (Å²) in [4.78, 5) is 10.2. The van der Waals surface area contributed by atoms with E-state index in [2.05, 4.69) is 4.74 Å². The molecule has 19 heavy (non-hydrogen) atoms. The van der Waals surface area contributed by atoms with E-state index in [9.17, 15) is 39.9 Å². The molecule has 0 N–H and O–H groups in total. The first-order valence-corrected chi connectivity index (χ1v) is 4.31. The van der Waals surface area contributed by atoms with Crippen molar-refractivity contribution in [1.29, 1.82) is 0 Å². The summed E-state index contributed by atoms with van der Waals surface area (Å²) in [6.07, 6.45) is -5.45. The van der Waals surface area contributed by atoms with Crippen LogP contribution in [0.25, 0.3) is 0 Å². The highest BCUT2D eigenvalue weighted by Gasteiger charge is 2.41. The molecule has 0 aliphatic rings. The van der Waals surface area contributed by atoms with E-state index in [0.717, 1.165) is 0 Å². The zero-order chi connectivity index (χ0) is 15.0. The second-order valence-corrected chi connectivity index (χ2v) is 3.12. The van der Waals surface area contributed by atoms with Crippen LogP contribution >= 0.6 is 0 Å². The maximum atomic E-state index is 13.0. The van der Waals surface area contributed by atoms with Gasteiger partial charge in [0, 0.05) is 0 Å². The Balaban J connectivity index is 3.07. The monoisotopic (exact) mass is 294 g/mol. The molecule has 10 heteroatoms. The molecular formula is C9H2F8O2. The highest BCUT2D eigenvalue weighted by molar-refractivity contribution is 5.75. The fraction of sp³-hybridized carbons (Fsp3) is 0.222. The van der Waals surface area contributed by atoms with Gasteiger partial charge in [-0.1, -0.05) is 0 Å². The molecule has 0 bridgehead atoms. The van der Waals surface area contributed by atoms with Gasteiger partial charge in [0.25, 0.3) is 0 Å². The Kier molecular flexibility index (Phi) is 4.01. The van der Waals surface area contributed by atoms with E-state index >= 15 is 0 Å². The Morgan fingerprint density at radius 2 is 1.21 bits per heavy atom. The van der Waals surface area contributed by atoms with Gasteiger partial charge >= 0.3 is 12.1 Å². The van der Waals surface area contributed by atoms with Crippen molar-refractivity contribution >= 4 is 5.97 Å². The predicted octanol–water partition coefficient (Wildman–Crippen LogP) is 2.99. The summed E-state index contributed by atoms with van der Waals surface area (Å²) < 4.78 is 102. The predicted molar refractivity (Wildman–Crippen MR) is 42.1 cm³/mol. The lowest BCUT2D eigenvalue weighted by Crippen LogP contribution is -2.25. The molecule has 106 valence electrons. The first kappa shape index (κ1) is 15.2. The number of rotatable bonds is 2. The molecule has 2 nitrogen and oxygen atoms in total. The van der Waals surface area contributed by atoms with Crippen LogP contribution in [0.3, 0.4) is 0 Å². The van der Waals surface area contributed by atoms with Crippen LogP contribution in [0.4, 0.5) is 35.1 Å². The number of halogens is 8. The molecule has 0 spiro atoms. The molecule has 1 aromatic carbocycles. The molecule has 0 aromatic heterocycles. The Hall–Kier alpha value is -1.87. The van der Waals surface area contributed by atoms with E-state index in [1.165, 1.54) is 0 Å². The third-order valence-corrected chi connectivity index (χ3v) is 1.88. The van der Waals surface area contributed by atoms with Crippen LogP contribution in [0.5, 0.6) is 0 Å². The highest BCUT2D eigenvalue weighted by atomic mass is 19.4. The smallest absolute Gasteiger partial charge is 0.454 e. The zero-order valence-electron chi connectivity index (χ0n) is 8.55. The van der Waals surface area contributed by atoms with Crippen LogP contribution in [-0.4, -0.2) is 12.1 Å². The minimum Gasteiger partial charge on any atom is -0.454 e. The van der Waals surface area contributed by atoms with Crippen molar-refractivity contribution in [3.05, 3.63) is 34.6 Å². The molecule has 0 aliphatic carbocycles. The Bertz CT molecular complexity index is 493. The van der Waals surface area contributed by atoms with Gasteiger partial charge in [-0.15, -0.1) is 0 Å². The summed E-state index contributed by atoms with van der Waals surface area (Å²) >= 11 is 0. The van der Waals surface area contributed by atoms with Gasteiger partial charge in [0.1, 0.15) is 6.61 Å². The van der Waals surface area contributed by atoms with E-state index in [4.69, 9.17) is 0 Å². The van der Waals surface area contributed by atoms with Crippen molar-refractivity contribution in [2.45, 2.75) is 12.8 Å². The maximum Gasteiger partial charge on any atom is 0.490 e. The van der Waals surface area contributed by atoms with Gasteiger partial charge < -0.3 is 4.74 Å². The molecular weight excluding hydrogens is 292 g/mol. The lowest BCUT2D eigenvalue weighted by molar-refractivity contribution is -0.201. The number of esters is 1. The minimum atomic E-state index is -5.45. The van der Waals surface area contributed by atoms with Gasteiger partial charge in [-0.05, 0) is 0 Å². The van der Waals surface area contributed by atoms with Crippen LogP contribution in [0.1, 0.15) is 5.56 Å². The fourth-order valence-corrected chi connectivity index (χ4v) is 0.997. The van der Waals surface area contributed by atoms with E-state index in [1.54, 1.807) is 0 Å². The third kappa shape index (κ3) is 2.93. The van der Waals surface area contributed by atoms with Crippen molar-refractivity contribution in [3.63, 3.8) is 0 Å². The van der Waals surface area contributed by atoms with Crippen molar-refractivity contribution in [2.24, 2.45) is 0 Å². The van der Waals surface area contributed by atoms with Crippen molar-refractivity contribution in [3.8, 4) is 0 Å². The quantitative estimate of drug-likeness (QED) is 0.363. The van der Waals surface area contributed by atoms with Gasteiger partial charge in [-0.3, -0.25) is 0 Å². The molecule has 1 aromatic rings. The lowest BCUT2D eigenvalue weighted by atomic mass is 10.2. The first-order chi connectivity index (χ1) is 8.57. The van der Waals surface area contributed by atoms with Crippen molar-refractivity contribution in [2.75, 3.05) is 0 Å². The molecule has 0 radical (unpaired) electrons. The molecule has 0 fully saturated rings. The van der Waals surface area contributed by atoms with Crippen molar-refractivity contribution < 1.29 is 44.7 Å². The Morgan fingerprint density at radius 3 is 1.58 bits per heavy atom. The summed E-state index contributed by atoms with van der Waals surface area (Å²) in [5.74, 6) is -14.7. The third-order valence-electron chi connectivity index (χ3n) is 1.88. The van der Waals surface area contributed by atoms with Gasteiger partial charge in [-0.2, -0.15) is 13.2 Å². The average molecular weight is 294 g/mol. The number of benzene rings is 1. The van der Waals surface area contributed by atoms with Gasteiger partial charge in [0.2, 0.25) is 5.82 Å². The summed E-state index contributed by atoms with van der Waals surface area (Å²) in [5, 5.41) is 0. The van der Waals surface area contributed by atoms with Crippen molar-refractivity contribution in [1.82, 2.24) is 0 Å². The number of ether oxygens (including phenoxy) is 1. The van der Waals surface area contributed by atoms with Gasteiger partial charge in [0.05, 0.1) is 5.56 Å².